The van der Waals surface area contributed by atoms with Gasteiger partial charge in [0.05, 0.1) is 28.1 Å². The van der Waals surface area contributed by atoms with E-state index in [1.807, 2.05) is 0 Å². The van der Waals surface area contributed by atoms with Crippen molar-refractivity contribution in [2.24, 2.45) is 0 Å². The molecule has 10 heteroatoms. The number of benzene rings is 2. The molecule has 34 heavy (non-hydrogen) atoms. The third-order valence-electron chi connectivity index (χ3n) is 5.57. The number of rotatable bonds is 4. The lowest BCUT2D eigenvalue weighted by atomic mass is 9.84. The highest BCUT2D eigenvalue weighted by Gasteiger charge is 2.33. The summed E-state index contributed by atoms with van der Waals surface area (Å²) in [5.74, 6) is -1.61. The first kappa shape index (κ1) is 23.5. The minimum Gasteiger partial charge on any atom is -0.465 e. The number of hydrogen-bond donors (Lipinski definition) is 2. The van der Waals surface area contributed by atoms with Gasteiger partial charge in [0.15, 0.2) is 0 Å². The van der Waals surface area contributed by atoms with Gasteiger partial charge in [-0.3, -0.25) is 9.59 Å². The van der Waals surface area contributed by atoms with Gasteiger partial charge in [-0.2, -0.15) is 13.2 Å². The van der Waals surface area contributed by atoms with E-state index >= 15 is 0 Å². The van der Waals surface area contributed by atoms with Gasteiger partial charge in [0.2, 0.25) is 5.91 Å². The fourth-order valence-corrected chi connectivity index (χ4v) is 5.12. The third kappa shape index (κ3) is 4.54. The monoisotopic (exact) mass is 488 g/mol. The van der Waals surface area contributed by atoms with Crippen LogP contribution in [0.3, 0.4) is 0 Å². The topological polar surface area (TPSA) is 84.5 Å². The van der Waals surface area contributed by atoms with Crippen molar-refractivity contribution in [2.75, 3.05) is 17.7 Å². The third-order valence-corrected chi connectivity index (χ3v) is 6.79. The molecule has 1 aliphatic rings. The second-order valence-corrected chi connectivity index (χ2v) is 8.77. The smallest absolute Gasteiger partial charge is 0.416 e. The Kier molecular flexibility index (Phi) is 6.18. The van der Waals surface area contributed by atoms with Crippen molar-refractivity contribution < 1.29 is 32.3 Å². The molecule has 1 aromatic heterocycles. The van der Waals surface area contributed by atoms with E-state index in [9.17, 15) is 27.6 Å². The van der Waals surface area contributed by atoms with Gasteiger partial charge in [-0.15, -0.1) is 11.3 Å². The molecule has 2 heterocycles. The highest BCUT2D eigenvalue weighted by atomic mass is 32.1. The Bertz CT molecular complexity index is 1280. The summed E-state index contributed by atoms with van der Waals surface area (Å²) < 4.78 is 43.7. The summed E-state index contributed by atoms with van der Waals surface area (Å²) in [4.78, 5) is 37.3. The Morgan fingerprint density at radius 1 is 1.15 bits per heavy atom. The van der Waals surface area contributed by atoms with Crippen molar-refractivity contribution in [1.82, 2.24) is 0 Å². The molecule has 1 atom stereocenters. The van der Waals surface area contributed by atoms with E-state index < -0.39 is 23.6 Å². The van der Waals surface area contributed by atoms with Crippen LogP contribution in [-0.2, 0) is 15.7 Å². The molecular weight excluding hydrogens is 469 g/mol. The second kappa shape index (κ2) is 8.94. The zero-order valence-corrected chi connectivity index (χ0v) is 18.9. The number of hydrogen-bond acceptors (Lipinski definition) is 5. The molecule has 0 saturated heterocycles. The van der Waals surface area contributed by atoms with E-state index in [4.69, 9.17) is 4.74 Å². The van der Waals surface area contributed by atoms with Crippen molar-refractivity contribution >= 4 is 39.8 Å². The number of carbonyl (C=O) groups excluding carboxylic acids is 3. The van der Waals surface area contributed by atoms with Crippen molar-refractivity contribution in [3.8, 4) is 0 Å². The molecule has 176 valence electrons. The lowest BCUT2D eigenvalue weighted by molar-refractivity contribution is -0.137. The Balaban J connectivity index is 1.65. The lowest BCUT2D eigenvalue weighted by Gasteiger charge is -2.24. The first-order valence-electron chi connectivity index (χ1n) is 10.2. The fraction of sp³-hybridized carbons (Fsp3) is 0.208. The number of esters is 1. The maximum atomic E-state index is 13.0. The van der Waals surface area contributed by atoms with E-state index in [1.54, 1.807) is 31.2 Å². The number of halogens is 3. The minimum atomic E-state index is -4.53. The van der Waals surface area contributed by atoms with Gasteiger partial charge in [-0.1, -0.05) is 18.2 Å². The van der Waals surface area contributed by atoms with Crippen LogP contribution in [0.25, 0.3) is 0 Å². The maximum Gasteiger partial charge on any atom is 0.416 e. The van der Waals surface area contributed by atoms with Gasteiger partial charge in [0.1, 0.15) is 0 Å². The van der Waals surface area contributed by atoms with E-state index in [-0.39, 0.29) is 23.9 Å². The molecule has 0 aliphatic carbocycles. The van der Waals surface area contributed by atoms with Crippen LogP contribution in [0, 0.1) is 6.92 Å². The summed E-state index contributed by atoms with van der Waals surface area (Å²) in [6.07, 6.45) is -4.38. The molecule has 3 aromatic rings. The molecule has 0 bridgehead atoms. The van der Waals surface area contributed by atoms with E-state index in [0.29, 0.717) is 21.0 Å². The Labute approximate surface area is 196 Å². The lowest BCUT2D eigenvalue weighted by Crippen LogP contribution is -2.22. The van der Waals surface area contributed by atoms with Gasteiger partial charge in [-0.25, -0.2) is 4.79 Å². The van der Waals surface area contributed by atoms with Gasteiger partial charge < -0.3 is 15.4 Å². The number of amides is 2. The van der Waals surface area contributed by atoms with Crippen LogP contribution >= 0.6 is 11.3 Å². The molecule has 1 aliphatic heterocycles. The summed E-state index contributed by atoms with van der Waals surface area (Å²) in [5, 5.41) is 5.82. The number of thiophene rings is 1. The van der Waals surface area contributed by atoms with Crippen molar-refractivity contribution in [1.29, 1.82) is 0 Å². The second-order valence-electron chi connectivity index (χ2n) is 7.75. The van der Waals surface area contributed by atoms with E-state index in [1.165, 1.54) is 19.2 Å². The van der Waals surface area contributed by atoms with E-state index in [0.717, 1.165) is 34.6 Å². The van der Waals surface area contributed by atoms with Crippen LogP contribution in [0.2, 0.25) is 0 Å². The van der Waals surface area contributed by atoms with Gasteiger partial charge in [0.25, 0.3) is 5.91 Å². The minimum absolute atomic E-state index is 0.0181. The van der Waals surface area contributed by atoms with Gasteiger partial charge >= 0.3 is 12.1 Å². The first-order valence-corrected chi connectivity index (χ1v) is 11.0. The number of fused-ring (bicyclic) bond motifs is 1. The summed E-state index contributed by atoms with van der Waals surface area (Å²) in [6.45, 7) is 1.74. The molecule has 0 radical (unpaired) electrons. The van der Waals surface area contributed by atoms with Gasteiger partial charge in [0, 0.05) is 18.0 Å². The standard InChI is InChI=1S/C24H19F3N2O4S/c1-12-19-17(13-6-8-14(9-7-13)23(32)33-2)11-18(30)29-22(19)34-20(12)21(31)28-16-5-3-4-15(10-16)24(25,26)27/h3-10,17H,11H2,1-2H3,(H,28,31)(H,29,30). The average molecular weight is 488 g/mol. The zero-order chi connectivity index (χ0) is 24.6. The number of methoxy groups -OCH3 is 1. The Morgan fingerprint density at radius 3 is 2.50 bits per heavy atom. The highest BCUT2D eigenvalue weighted by molar-refractivity contribution is 7.18. The van der Waals surface area contributed by atoms with Crippen LogP contribution in [-0.4, -0.2) is 24.9 Å². The largest absolute Gasteiger partial charge is 0.465 e. The molecule has 2 amide bonds. The predicted octanol–water partition coefficient (Wildman–Crippen LogP) is 5.59. The average Bonchev–Trinajstić information content (AvgIpc) is 3.14. The summed E-state index contributed by atoms with van der Waals surface area (Å²) >= 11 is 1.07. The Hall–Kier alpha value is -3.66. The highest BCUT2D eigenvalue weighted by Crippen LogP contribution is 2.45. The molecule has 2 N–H and O–H groups in total. The normalized spacial score (nSPS) is 15.3. The SMILES string of the molecule is COC(=O)c1ccc(C2CC(=O)Nc3sc(C(=O)Nc4cccc(C(F)(F)F)c4)c(C)c32)cc1. The molecule has 2 aromatic carbocycles. The first-order chi connectivity index (χ1) is 16.1. The van der Waals surface area contributed by atoms with Gasteiger partial charge in [-0.05, 0) is 53.9 Å². The molecule has 4 rings (SSSR count). The molecule has 0 fully saturated rings. The van der Waals surface area contributed by atoms with Crippen LogP contribution < -0.4 is 10.6 Å². The van der Waals surface area contributed by atoms with Crippen molar-refractivity contribution in [3.05, 3.63) is 81.2 Å². The van der Waals surface area contributed by atoms with Crippen LogP contribution in [0.4, 0.5) is 23.9 Å². The van der Waals surface area contributed by atoms with Crippen LogP contribution in [0.5, 0.6) is 0 Å². The zero-order valence-electron chi connectivity index (χ0n) is 18.1. The quantitative estimate of drug-likeness (QED) is 0.469. The summed E-state index contributed by atoms with van der Waals surface area (Å²) in [6, 6.07) is 11.1. The number of anilines is 2. The Morgan fingerprint density at radius 2 is 1.85 bits per heavy atom. The fourth-order valence-electron chi connectivity index (χ4n) is 3.94. The number of alkyl halides is 3. The number of ether oxygens (including phenoxy) is 1. The number of carbonyl (C=O) groups is 3. The molecular formula is C24H19F3N2O4S. The molecule has 0 saturated carbocycles. The summed E-state index contributed by atoms with van der Waals surface area (Å²) in [7, 11) is 1.29. The summed E-state index contributed by atoms with van der Waals surface area (Å²) in [5.41, 5.74) is 1.71. The van der Waals surface area contributed by atoms with Crippen molar-refractivity contribution in [2.45, 2.75) is 25.4 Å². The predicted molar refractivity (Wildman–Crippen MR) is 121 cm³/mol. The molecule has 1 unspecified atom stereocenters. The molecule has 0 spiro atoms. The molecule has 6 nitrogen and oxygen atoms in total. The van der Waals surface area contributed by atoms with Crippen LogP contribution in [0.15, 0.2) is 48.5 Å². The van der Waals surface area contributed by atoms with Crippen molar-refractivity contribution in [3.63, 3.8) is 0 Å². The van der Waals surface area contributed by atoms with E-state index in [2.05, 4.69) is 10.6 Å². The maximum absolute atomic E-state index is 13.0. The number of nitrogens with one attached hydrogen (secondary N) is 2. The van der Waals surface area contributed by atoms with Crippen LogP contribution in [0.1, 0.15) is 54.6 Å².